The average Bonchev–Trinajstić information content (AvgIpc) is 3.58. The van der Waals surface area contributed by atoms with E-state index >= 15 is 0 Å². The van der Waals surface area contributed by atoms with E-state index in [0.717, 1.165) is 49.2 Å². The lowest BCUT2D eigenvalue weighted by molar-refractivity contribution is 0.0695. The molecule has 2 aliphatic rings. The number of nitrogens with zero attached hydrogens (tertiary/aromatic N) is 1. The molecule has 5 rings (SSSR count). The Labute approximate surface area is 223 Å². The quantitative estimate of drug-likeness (QED) is 0.321. The number of benzene rings is 1. The third kappa shape index (κ3) is 4.68. The molecule has 1 saturated carbocycles. The molecule has 2 aromatic heterocycles. The largest absolute Gasteiger partial charge is 0.494 e. The molecular weight excluding hydrogens is 502 g/mol. The second kappa shape index (κ2) is 9.40. The zero-order valence-electron chi connectivity index (χ0n) is 22.6. The van der Waals surface area contributed by atoms with Crippen molar-refractivity contribution in [3.05, 3.63) is 50.6 Å². The molecule has 1 atom stereocenters. The Hall–Kier alpha value is -2.42. The Morgan fingerprint density at radius 2 is 1.95 bits per heavy atom. The lowest BCUT2D eigenvalue weighted by atomic mass is 9.88. The summed E-state index contributed by atoms with van der Waals surface area (Å²) in [6.45, 7) is 12.2. The van der Waals surface area contributed by atoms with E-state index in [1.165, 1.54) is 16.6 Å². The first kappa shape index (κ1) is 26.2. The summed E-state index contributed by atoms with van der Waals surface area (Å²) < 4.78 is 14.5. The fraction of sp³-hybridized carbons (Fsp3) is 0.517. The van der Waals surface area contributed by atoms with Gasteiger partial charge in [0, 0.05) is 40.1 Å². The third-order valence-corrected chi connectivity index (χ3v) is 14.2. The first-order chi connectivity index (χ1) is 17.4. The molecule has 2 heterocycles. The van der Waals surface area contributed by atoms with Gasteiger partial charge in [0.2, 0.25) is 5.43 Å². The molecule has 0 bridgehead atoms. The minimum Gasteiger partial charge on any atom is -0.494 e. The van der Waals surface area contributed by atoms with Crippen LogP contribution in [0.5, 0.6) is 5.75 Å². The topological polar surface area (TPSA) is 77.8 Å². The summed E-state index contributed by atoms with van der Waals surface area (Å²) in [5.74, 6) is -0.163. The first-order valence-corrected chi connectivity index (χ1v) is 16.9. The van der Waals surface area contributed by atoms with Crippen molar-refractivity contribution in [3.63, 3.8) is 0 Å². The van der Waals surface area contributed by atoms with Gasteiger partial charge in [-0.1, -0.05) is 20.8 Å². The van der Waals surface area contributed by atoms with Crippen LogP contribution in [0, 0.1) is 0 Å². The molecule has 1 N–H and O–H groups in total. The fourth-order valence-electron chi connectivity index (χ4n) is 5.09. The second-order valence-electron chi connectivity index (χ2n) is 12.0. The lowest BCUT2D eigenvalue weighted by Gasteiger charge is -2.37. The summed E-state index contributed by atoms with van der Waals surface area (Å²) in [6, 6.07) is 6.19. The number of hydrogen-bond donors (Lipinski definition) is 1. The molecule has 1 fully saturated rings. The molecule has 0 aliphatic heterocycles. The van der Waals surface area contributed by atoms with Crippen molar-refractivity contribution in [1.29, 1.82) is 0 Å². The Morgan fingerprint density at radius 1 is 1.22 bits per heavy atom. The first-order valence-electron chi connectivity index (χ1n) is 13.2. The molecule has 0 amide bonds. The third-order valence-electron chi connectivity index (χ3n) is 8.48. The monoisotopic (exact) mass is 539 g/mol. The normalized spacial score (nSPS) is 18.2. The van der Waals surface area contributed by atoms with Gasteiger partial charge in [-0.15, -0.1) is 11.3 Å². The van der Waals surface area contributed by atoms with E-state index in [2.05, 4.69) is 39.9 Å². The Morgan fingerprint density at radius 3 is 2.57 bits per heavy atom. The molecule has 8 heteroatoms. The van der Waals surface area contributed by atoms with Gasteiger partial charge in [-0.05, 0) is 74.0 Å². The van der Waals surface area contributed by atoms with Crippen LogP contribution < -0.4 is 10.2 Å². The molecular formula is C29H37NO5SSi. The van der Waals surface area contributed by atoms with E-state index in [-0.39, 0.29) is 16.6 Å². The van der Waals surface area contributed by atoms with Crippen LogP contribution >= 0.6 is 11.3 Å². The van der Waals surface area contributed by atoms with Crippen LogP contribution in [0.3, 0.4) is 0 Å². The van der Waals surface area contributed by atoms with Crippen molar-refractivity contribution in [2.75, 3.05) is 13.7 Å². The van der Waals surface area contributed by atoms with Gasteiger partial charge in [0.25, 0.3) is 0 Å². The minimum atomic E-state index is -1.83. The van der Waals surface area contributed by atoms with E-state index in [0.29, 0.717) is 22.6 Å². The maximum Gasteiger partial charge on any atom is 0.341 e. The number of carboxylic acid groups (broad SMARTS) is 1. The number of fused-ring (bicyclic) bond motifs is 2. The highest BCUT2D eigenvalue weighted by Crippen LogP contribution is 2.47. The smallest absolute Gasteiger partial charge is 0.341 e. The summed E-state index contributed by atoms with van der Waals surface area (Å²) >= 11 is 1.81. The highest BCUT2D eigenvalue weighted by atomic mass is 32.1. The van der Waals surface area contributed by atoms with Crippen LogP contribution in [0.1, 0.15) is 79.2 Å². The van der Waals surface area contributed by atoms with Crippen LogP contribution in [0.15, 0.2) is 29.2 Å². The summed E-state index contributed by atoms with van der Waals surface area (Å²) in [7, 11) is -0.199. The number of ether oxygens (including phenoxy) is 1. The van der Waals surface area contributed by atoms with Gasteiger partial charge < -0.3 is 18.8 Å². The van der Waals surface area contributed by atoms with Crippen molar-refractivity contribution in [2.45, 2.75) is 83.0 Å². The average molecular weight is 540 g/mol. The standard InChI is InChI=1S/C29H37NO5SSi/c1-29(2,3)37(5,6)35-16-17-8-7-9-23-21(17)14-24(36-23)19-12-13-20-25(27(19)34-4)30(18-10-11-18)15-22(26(20)31)28(32)33/h12-15,17-18H,7-11,16H2,1-6H3,(H,32,33). The molecule has 0 radical (unpaired) electrons. The van der Waals surface area contributed by atoms with Crippen LogP contribution in [-0.4, -0.2) is 37.7 Å². The summed E-state index contributed by atoms with van der Waals surface area (Å²) in [4.78, 5) is 27.4. The highest BCUT2D eigenvalue weighted by molar-refractivity contribution is 7.15. The van der Waals surface area contributed by atoms with Gasteiger partial charge in [0.15, 0.2) is 14.1 Å². The molecule has 1 aromatic carbocycles. The number of thiophene rings is 1. The van der Waals surface area contributed by atoms with Gasteiger partial charge >= 0.3 is 5.97 Å². The molecule has 0 saturated heterocycles. The molecule has 37 heavy (non-hydrogen) atoms. The van der Waals surface area contributed by atoms with Crippen LogP contribution in [-0.2, 0) is 10.8 Å². The predicted molar refractivity (Wildman–Crippen MR) is 152 cm³/mol. The van der Waals surface area contributed by atoms with E-state index in [9.17, 15) is 14.7 Å². The molecule has 2 aliphatic carbocycles. The molecule has 1 unspecified atom stereocenters. The summed E-state index contributed by atoms with van der Waals surface area (Å²) in [5.41, 5.74) is 2.38. The molecule has 198 valence electrons. The summed E-state index contributed by atoms with van der Waals surface area (Å²) in [5, 5.41) is 10.2. The summed E-state index contributed by atoms with van der Waals surface area (Å²) in [6.07, 6.45) is 6.80. The van der Waals surface area contributed by atoms with Crippen LogP contribution in [0.2, 0.25) is 18.1 Å². The fourth-order valence-corrected chi connectivity index (χ4v) is 7.45. The zero-order valence-corrected chi connectivity index (χ0v) is 24.5. The predicted octanol–water partition coefficient (Wildman–Crippen LogP) is 7.21. The number of aromatic carboxylic acids is 1. The highest BCUT2D eigenvalue weighted by Gasteiger charge is 2.38. The minimum absolute atomic E-state index is 0.181. The second-order valence-corrected chi connectivity index (χ2v) is 18.0. The van der Waals surface area contributed by atoms with Crippen LogP contribution in [0.4, 0.5) is 0 Å². The number of aryl methyl sites for hydroxylation is 1. The number of methoxy groups -OCH3 is 1. The Kier molecular flexibility index (Phi) is 6.65. The number of carbonyl (C=O) groups is 1. The van der Waals surface area contributed by atoms with Crippen molar-refractivity contribution < 1.29 is 19.1 Å². The van der Waals surface area contributed by atoms with E-state index < -0.39 is 19.7 Å². The Balaban J connectivity index is 1.57. The van der Waals surface area contributed by atoms with E-state index in [1.807, 2.05) is 10.6 Å². The van der Waals surface area contributed by atoms with E-state index in [4.69, 9.17) is 9.16 Å². The van der Waals surface area contributed by atoms with Gasteiger partial charge in [-0.3, -0.25) is 4.79 Å². The zero-order chi connectivity index (χ0) is 26.7. The number of rotatable bonds is 7. The van der Waals surface area contributed by atoms with Gasteiger partial charge in [0.05, 0.1) is 18.0 Å². The number of aromatic nitrogens is 1. The van der Waals surface area contributed by atoms with Crippen LogP contribution in [0.25, 0.3) is 21.3 Å². The molecule has 0 spiro atoms. The Bertz CT molecular complexity index is 1430. The molecule has 6 nitrogen and oxygen atoms in total. The maximum absolute atomic E-state index is 13.0. The van der Waals surface area contributed by atoms with Crippen molar-refractivity contribution in [1.82, 2.24) is 4.57 Å². The van der Waals surface area contributed by atoms with Crippen molar-refractivity contribution in [3.8, 4) is 16.2 Å². The van der Waals surface area contributed by atoms with Crippen molar-refractivity contribution in [2.24, 2.45) is 0 Å². The molecule has 3 aromatic rings. The van der Waals surface area contributed by atoms with Gasteiger partial charge in [-0.25, -0.2) is 4.79 Å². The number of pyridine rings is 1. The number of carboxylic acids is 1. The van der Waals surface area contributed by atoms with Gasteiger partial charge in [0.1, 0.15) is 5.56 Å². The van der Waals surface area contributed by atoms with Gasteiger partial charge in [-0.2, -0.15) is 0 Å². The maximum atomic E-state index is 13.0. The number of hydrogen-bond acceptors (Lipinski definition) is 5. The lowest BCUT2D eigenvalue weighted by Crippen LogP contribution is -2.41. The van der Waals surface area contributed by atoms with E-state index in [1.54, 1.807) is 24.5 Å². The van der Waals surface area contributed by atoms with Crippen molar-refractivity contribution >= 4 is 36.5 Å². The SMILES string of the molecule is COc1c(-c2cc3c(s2)CCCC3CO[Si](C)(C)C(C)(C)C)ccc2c(=O)c(C(=O)O)cn(C3CC3)c12.